The first-order valence-corrected chi connectivity index (χ1v) is 13.5. The molecule has 2 N–H and O–H groups in total. The molecule has 2 aliphatic rings. The number of para-hydroxylation sites is 1. The molecule has 1 fully saturated rings. The standard InChI is InChI=1S/C32H33N3O4/c1-19(36)28-26(34(2)31(37)21-12-14-22(39-3)15-13-21)18-27-30-25(16-17-35(27)32(28)38)24-11-7-10-23(29(24)33-30)20-8-5-4-6-9-20/h4-15,19,26-28,33,36H,16-18H2,1-3H3/t19-,26-,27-,28-/m0/s1. The summed E-state index contributed by atoms with van der Waals surface area (Å²) in [5.74, 6) is -0.316. The predicted molar refractivity (Wildman–Crippen MR) is 151 cm³/mol. The fourth-order valence-corrected chi connectivity index (χ4v) is 6.50. The van der Waals surface area contributed by atoms with Crippen molar-refractivity contribution in [3.63, 3.8) is 0 Å². The highest BCUT2D eigenvalue weighted by Gasteiger charge is 2.49. The maximum Gasteiger partial charge on any atom is 0.253 e. The van der Waals surface area contributed by atoms with Gasteiger partial charge >= 0.3 is 0 Å². The number of carbonyl (C=O) groups excluding carboxylic acids is 2. The second-order valence-electron chi connectivity index (χ2n) is 10.6. The number of hydrogen-bond donors (Lipinski definition) is 2. The fourth-order valence-electron chi connectivity index (χ4n) is 6.50. The summed E-state index contributed by atoms with van der Waals surface area (Å²) in [4.78, 5) is 34.7. The van der Waals surface area contributed by atoms with E-state index in [1.165, 1.54) is 10.9 Å². The van der Waals surface area contributed by atoms with E-state index in [1.807, 2.05) is 23.1 Å². The summed E-state index contributed by atoms with van der Waals surface area (Å²) in [7, 11) is 3.32. The Morgan fingerprint density at radius 3 is 2.51 bits per heavy atom. The van der Waals surface area contributed by atoms with E-state index >= 15 is 0 Å². The SMILES string of the molecule is COc1ccc(C(=O)N(C)[C@H]2C[C@H]3c4[nH]c5c(-c6ccccc6)cccc5c4CCN3C(=O)[C@H]2[C@H](C)O)cc1. The van der Waals surface area contributed by atoms with Gasteiger partial charge in [-0.15, -0.1) is 0 Å². The molecule has 39 heavy (non-hydrogen) atoms. The van der Waals surface area contributed by atoms with Gasteiger partial charge < -0.3 is 24.6 Å². The van der Waals surface area contributed by atoms with Gasteiger partial charge in [-0.05, 0) is 55.2 Å². The summed E-state index contributed by atoms with van der Waals surface area (Å²) >= 11 is 0. The van der Waals surface area contributed by atoms with Gasteiger partial charge in [-0.25, -0.2) is 0 Å². The van der Waals surface area contributed by atoms with E-state index in [4.69, 9.17) is 4.74 Å². The molecule has 1 aromatic heterocycles. The molecule has 3 heterocycles. The normalized spacial score (nSPS) is 21.3. The van der Waals surface area contributed by atoms with Crippen LogP contribution >= 0.6 is 0 Å². The Hall–Kier alpha value is -4.10. The number of aromatic nitrogens is 1. The number of piperidine rings is 1. The van der Waals surface area contributed by atoms with Gasteiger partial charge in [0.15, 0.2) is 0 Å². The van der Waals surface area contributed by atoms with Gasteiger partial charge in [0.2, 0.25) is 5.91 Å². The van der Waals surface area contributed by atoms with Gasteiger partial charge in [-0.2, -0.15) is 0 Å². The van der Waals surface area contributed by atoms with Crippen molar-refractivity contribution in [1.82, 2.24) is 14.8 Å². The van der Waals surface area contributed by atoms with Crippen LogP contribution in [-0.4, -0.2) is 64.6 Å². The van der Waals surface area contributed by atoms with Crippen LogP contribution in [0.2, 0.25) is 0 Å². The van der Waals surface area contributed by atoms with Crippen molar-refractivity contribution >= 4 is 22.7 Å². The maximum atomic E-state index is 13.9. The lowest BCUT2D eigenvalue weighted by Crippen LogP contribution is -2.59. The third kappa shape index (κ3) is 4.17. The van der Waals surface area contributed by atoms with Crippen LogP contribution in [0.15, 0.2) is 72.8 Å². The number of carbonyl (C=O) groups is 2. The molecule has 0 unspecified atom stereocenters. The number of amides is 2. The molecule has 7 heteroatoms. The number of nitrogens with zero attached hydrogens (tertiary/aromatic N) is 2. The van der Waals surface area contributed by atoms with Crippen LogP contribution in [0, 0.1) is 5.92 Å². The molecule has 3 aromatic carbocycles. The number of nitrogens with one attached hydrogen (secondary N) is 1. The molecule has 6 rings (SSSR count). The van der Waals surface area contributed by atoms with Crippen molar-refractivity contribution in [3.8, 4) is 16.9 Å². The third-order valence-electron chi connectivity index (χ3n) is 8.49. The fraction of sp³-hybridized carbons (Fsp3) is 0.312. The van der Waals surface area contributed by atoms with Crippen LogP contribution in [0.25, 0.3) is 22.0 Å². The van der Waals surface area contributed by atoms with Crippen molar-refractivity contribution in [2.75, 3.05) is 20.7 Å². The molecule has 0 radical (unpaired) electrons. The second kappa shape index (κ2) is 9.89. The van der Waals surface area contributed by atoms with E-state index in [2.05, 4.69) is 35.3 Å². The lowest BCUT2D eigenvalue weighted by Gasteiger charge is -2.48. The Morgan fingerprint density at radius 1 is 1.08 bits per heavy atom. The Labute approximate surface area is 228 Å². The number of aromatic amines is 1. The van der Waals surface area contributed by atoms with Crippen molar-refractivity contribution in [3.05, 3.63) is 89.6 Å². The molecule has 4 atom stereocenters. The Morgan fingerprint density at radius 2 is 1.82 bits per heavy atom. The lowest BCUT2D eigenvalue weighted by molar-refractivity contribution is -0.151. The first-order chi connectivity index (χ1) is 18.9. The first kappa shape index (κ1) is 25.2. The number of ether oxygens (including phenoxy) is 1. The average Bonchev–Trinajstić information content (AvgIpc) is 3.36. The van der Waals surface area contributed by atoms with E-state index in [9.17, 15) is 14.7 Å². The molecule has 0 bridgehead atoms. The summed E-state index contributed by atoms with van der Waals surface area (Å²) in [5, 5.41) is 11.9. The molecule has 0 spiro atoms. The largest absolute Gasteiger partial charge is 0.497 e. The highest BCUT2D eigenvalue weighted by molar-refractivity contribution is 5.98. The number of H-pyrrole nitrogens is 1. The molecule has 2 amide bonds. The highest BCUT2D eigenvalue weighted by Crippen LogP contribution is 2.44. The summed E-state index contributed by atoms with van der Waals surface area (Å²) < 4.78 is 5.23. The minimum atomic E-state index is -0.886. The first-order valence-electron chi connectivity index (χ1n) is 13.5. The van der Waals surface area contributed by atoms with Crippen LogP contribution in [0.1, 0.15) is 41.0 Å². The number of aliphatic hydroxyl groups is 1. The molecular weight excluding hydrogens is 490 g/mol. The molecule has 0 aliphatic carbocycles. The summed E-state index contributed by atoms with van der Waals surface area (Å²) in [6, 6.07) is 23.0. The Balaban J connectivity index is 1.39. The number of hydrogen-bond acceptors (Lipinski definition) is 4. The molecule has 7 nitrogen and oxygen atoms in total. The number of fused-ring (bicyclic) bond motifs is 5. The smallest absolute Gasteiger partial charge is 0.253 e. The maximum absolute atomic E-state index is 13.9. The molecule has 4 aromatic rings. The Kier molecular flexibility index (Phi) is 6.39. The topological polar surface area (TPSA) is 85.9 Å². The zero-order valence-electron chi connectivity index (χ0n) is 22.4. The number of aliphatic hydroxyl groups excluding tert-OH is 1. The zero-order valence-corrected chi connectivity index (χ0v) is 22.4. The van der Waals surface area contributed by atoms with Crippen molar-refractivity contribution in [2.24, 2.45) is 5.92 Å². The van der Waals surface area contributed by atoms with Crippen LogP contribution in [0.3, 0.4) is 0 Å². The Bertz CT molecular complexity index is 1530. The van der Waals surface area contributed by atoms with Crippen molar-refractivity contribution in [2.45, 2.75) is 38.0 Å². The van der Waals surface area contributed by atoms with Crippen molar-refractivity contribution < 1.29 is 19.4 Å². The summed E-state index contributed by atoms with van der Waals surface area (Å²) in [5.41, 5.74) is 6.11. The van der Waals surface area contributed by atoms with Gasteiger partial charge in [0, 0.05) is 41.8 Å². The van der Waals surface area contributed by atoms with Crippen LogP contribution < -0.4 is 4.74 Å². The van der Waals surface area contributed by atoms with Gasteiger partial charge in [-0.3, -0.25) is 9.59 Å². The number of methoxy groups -OCH3 is 1. The van der Waals surface area contributed by atoms with Gasteiger partial charge in [0.05, 0.1) is 30.7 Å². The molecule has 200 valence electrons. The minimum Gasteiger partial charge on any atom is -0.497 e. The summed E-state index contributed by atoms with van der Waals surface area (Å²) in [6.45, 7) is 2.23. The van der Waals surface area contributed by atoms with E-state index in [0.29, 0.717) is 24.3 Å². The van der Waals surface area contributed by atoms with Gasteiger partial charge in [0.25, 0.3) is 5.91 Å². The van der Waals surface area contributed by atoms with Gasteiger partial charge in [-0.1, -0.05) is 48.5 Å². The predicted octanol–water partition coefficient (Wildman–Crippen LogP) is 4.81. The number of rotatable bonds is 5. The minimum absolute atomic E-state index is 0.104. The van der Waals surface area contributed by atoms with Crippen LogP contribution in [0.4, 0.5) is 0 Å². The highest BCUT2D eigenvalue weighted by atomic mass is 16.5. The average molecular weight is 524 g/mol. The van der Waals surface area contributed by atoms with Crippen LogP contribution in [0.5, 0.6) is 5.75 Å². The van der Waals surface area contributed by atoms with E-state index in [1.54, 1.807) is 50.2 Å². The monoisotopic (exact) mass is 523 g/mol. The lowest BCUT2D eigenvalue weighted by atomic mass is 9.79. The van der Waals surface area contributed by atoms with E-state index < -0.39 is 18.1 Å². The molecule has 0 saturated carbocycles. The number of benzene rings is 3. The third-order valence-corrected chi connectivity index (χ3v) is 8.49. The molecule has 2 aliphatic heterocycles. The zero-order chi connectivity index (χ0) is 27.3. The molecular formula is C32H33N3O4. The second-order valence-corrected chi connectivity index (χ2v) is 10.6. The van der Waals surface area contributed by atoms with Crippen molar-refractivity contribution in [1.29, 1.82) is 0 Å². The summed E-state index contributed by atoms with van der Waals surface area (Å²) in [6.07, 6.45) is 0.400. The van der Waals surface area contributed by atoms with Crippen LogP contribution in [-0.2, 0) is 11.2 Å². The van der Waals surface area contributed by atoms with E-state index in [-0.39, 0.29) is 17.9 Å². The van der Waals surface area contributed by atoms with E-state index in [0.717, 1.165) is 28.8 Å². The van der Waals surface area contributed by atoms with Gasteiger partial charge in [0.1, 0.15) is 5.75 Å². The molecule has 1 saturated heterocycles. The quantitative estimate of drug-likeness (QED) is 0.393.